The topological polar surface area (TPSA) is 46.6 Å². The molecular weight excluding hydrogens is 294 g/mol. The van der Waals surface area contributed by atoms with Crippen molar-refractivity contribution in [3.8, 4) is 0 Å². The molecule has 2 rings (SSSR count). The van der Waals surface area contributed by atoms with Crippen LogP contribution in [0.1, 0.15) is 30.7 Å². The van der Waals surface area contributed by atoms with Crippen molar-refractivity contribution in [2.75, 3.05) is 24.7 Å². The Balaban J connectivity index is 1.81. The van der Waals surface area contributed by atoms with E-state index in [-0.39, 0.29) is 23.7 Å². The summed E-state index contributed by atoms with van der Waals surface area (Å²) in [6, 6.07) is 4.34. The summed E-state index contributed by atoms with van der Waals surface area (Å²) in [5.41, 5.74) is 0. The number of thioether (sulfide) groups is 1. The van der Waals surface area contributed by atoms with Gasteiger partial charge in [-0.25, -0.2) is 0 Å². The van der Waals surface area contributed by atoms with E-state index in [9.17, 15) is 9.59 Å². The SMILES string of the molecule is CCOC(=O)CSCC(=O)N1CCCC1c1cccs1. The molecule has 0 aliphatic carbocycles. The van der Waals surface area contributed by atoms with Gasteiger partial charge in [0.25, 0.3) is 0 Å². The Labute approximate surface area is 127 Å². The lowest BCUT2D eigenvalue weighted by molar-refractivity contribution is -0.139. The Hall–Kier alpha value is -1.01. The van der Waals surface area contributed by atoms with Crippen molar-refractivity contribution >= 4 is 35.0 Å². The van der Waals surface area contributed by atoms with E-state index in [2.05, 4.69) is 6.07 Å². The van der Waals surface area contributed by atoms with Crippen LogP contribution in [0.3, 0.4) is 0 Å². The summed E-state index contributed by atoms with van der Waals surface area (Å²) in [4.78, 5) is 26.7. The fourth-order valence-corrected chi connectivity index (χ4v) is 3.92. The number of nitrogens with zero attached hydrogens (tertiary/aromatic N) is 1. The molecule has 4 nitrogen and oxygen atoms in total. The number of carbonyl (C=O) groups excluding carboxylic acids is 2. The summed E-state index contributed by atoms with van der Waals surface area (Å²) in [5.74, 6) is 0.467. The number of ether oxygens (including phenoxy) is 1. The Morgan fingerprint density at radius 1 is 1.50 bits per heavy atom. The van der Waals surface area contributed by atoms with E-state index < -0.39 is 0 Å². The van der Waals surface area contributed by atoms with Gasteiger partial charge in [0.2, 0.25) is 5.91 Å². The van der Waals surface area contributed by atoms with Gasteiger partial charge in [0.1, 0.15) is 0 Å². The van der Waals surface area contributed by atoms with Crippen LogP contribution in [0.2, 0.25) is 0 Å². The maximum absolute atomic E-state index is 12.2. The third-order valence-electron chi connectivity index (χ3n) is 3.20. The molecule has 1 aromatic rings. The Kier molecular flexibility index (Phi) is 5.91. The maximum Gasteiger partial charge on any atom is 0.315 e. The van der Waals surface area contributed by atoms with Crippen molar-refractivity contribution in [2.24, 2.45) is 0 Å². The number of amides is 1. The number of likely N-dealkylation sites (tertiary alicyclic amines) is 1. The molecule has 0 N–H and O–H groups in total. The van der Waals surface area contributed by atoms with E-state index in [1.807, 2.05) is 16.3 Å². The fourth-order valence-electron chi connectivity index (χ4n) is 2.35. The summed E-state index contributed by atoms with van der Waals surface area (Å²) >= 11 is 3.04. The van der Waals surface area contributed by atoms with Crippen LogP contribution in [0.25, 0.3) is 0 Å². The standard InChI is InChI=1S/C14H19NO3S2/c1-2-18-14(17)10-19-9-13(16)15-7-3-5-11(15)12-6-4-8-20-12/h4,6,8,11H,2-3,5,7,9-10H2,1H3. The van der Waals surface area contributed by atoms with Gasteiger partial charge < -0.3 is 9.64 Å². The second kappa shape index (κ2) is 7.69. The van der Waals surface area contributed by atoms with Crippen LogP contribution in [-0.2, 0) is 14.3 Å². The van der Waals surface area contributed by atoms with Crippen LogP contribution in [0.5, 0.6) is 0 Å². The molecule has 1 aromatic heterocycles. The largest absolute Gasteiger partial charge is 0.465 e. The van der Waals surface area contributed by atoms with Crippen LogP contribution < -0.4 is 0 Å². The minimum Gasteiger partial charge on any atom is -0.465 e. The Morgan fingerprint density at radius 2 is 2.35 bits per heavy atom. The van der Waals surface area contributed by atoms with Gasteiger partial charge in [-0.1, -0.05) is 6.07 Å². The van der Waals surface area contributed by atoms with E-state index in [0.29, 0.717) is 12.4 Å². The molecule has 110 valence electrons. The first-order valence-electron chi connectivity index (χ1n) is 6.78. The third kappa shape index (κ3) is 3.99. The van der Waals surface area contributed by atoms with Gasteiger partial charge in [-0.2, -0.15) is 0 Å². The van der Waals surface area contributed by atoms with Crippen molar-refractivity contribution in [2.45, 2.75) is 25.8 Å². The average molecular weight is 313 g/mol. The lowest BCUT2D eigenvalue weighted by Crippen LogP contribution is -2.31. The van der Waals surface area contributed by atoms with Gasteiger partial charge in [-0.15, -0.1) is 23.1 Å². The second-order valence-corrected chi connectivity index (χ2v) is 6.52. The zero-order valence-corrected chi connectivity index (χ0v) is 13.2. The molecule has 1 unspecified atom stereocenters. The van der Waals surface area contributed by atoms with Crippen molar-refractivity contribution in [3.63, 3.8) is 0 Å². The van der Waals surface area contributed by atoms with Crippen LogP contribution in [0.4, 0.5) is 0 Å². The minimum atomic E-state index is -0.249. The van der Waals surface area contributed by atoms with E-state index in [1.165, 1.54) is 16.6 Å². The van der Waals surface area contributed by atoms with E-state index in [4.69, 9.17) is 4.74 Å². The highest BCUT2D eigenvalue weighted by Gasteiger charge is 2.30. The van der Waals surface area contributed by atoms with Gasteiger partial charge in [-0.05, 0) is 31.2 Å². The molecule has 1 aliphatic rings. The summed E-state index contributed by atoms with van der Waals surface area (Å²) in [6.45, 7) is 2.99. The molecule has 0 saturated carbocycles. The van der Waals surface area contributed by atoms with Gasteiger partial charge >= 0.3 is 5.97 Å². The first kappa shape index (κ1) is 15.4. The molecule has 1 fully saturated rings. The smallest absolute Gasteiger partial charge is 0.315 e. The highest BCUT2D eigenvalue weighted by Crippen LogP contribution is 2.34. The molecular formula is C14H19NO3S2. The molecule has 0 bridgehead atoms. The predicted octanol–water partition coefficient (Wildman–Crippen LogP) is 2.71. The van der Waals surface area contributed by atoms with Crippen molar-refractivity contribution < 1.29 is 14.3 Å². The zero-order chi connectivity index (χ0) is 14.4. The van der Waals surface area contributed by atoms with Gasteiger partial charge in [0.15, 0.2) is 0 Å². The molecule has 0 aromatic carbocycles. The number of hydrogen-bond acceptors (Lipinski definition) is 5. The van der Waals surface area contributed by atoms with Crippen LogP contribution >= 0.6 is 23.1 Å². The molecule has 1 saturated heterocycles. The highest BCUT2D eigenvalue weighted by molar-refractivity contribution is 8.00. The van der Waals surface area contributed by atoms with E-state index in [1.54, 1.807) is 18.3 Å². The quantitative estimate of drug-likeness (QED) is 0.758. The van der Waals surface area contributed by atoms with Gasteiger partial charge in [0, 0.05) is 11.4 Å². The summed E-state index contributed by atoms with van der Waals surface area (Å²) < 4.78 is 4.85. The van der Waals surface area contributed by atoms with Gasteiger partial charge in [-0.3, -0.25) is 9.59 Å². The molecule has 0 spiro atoms. The van der Waals surface area contributed by atoms with Crippen LogP contribution in [0.15, 0.2) is 17.5 Å². The average Bonchev–Trinajstić information content (AvgIpc) is 3.09. The summed E-state index contributed by atoms with van der Waals surface area (Å²) in [6.07, 6.45) is 2.09. The van der Waals surface area contributed by atoms with E-state index >= 15 is 0 Å². The van der Waals surface area contributed by atoms with Crippen LogP contribution in [-0.4, -0.2) is 41.4 Å². The number of thiophene rings is 1. The summed E-state index contributed by atoms with van der Waals surface area (Å²) in [7, 11) is 0. The maximum atomic E-state index is 12.2. The summed E-state index contributed by atoms with van der Waals surface area (Å²) in [5, 5.41) is 2.05. The van der Waals surface area contributed by atoms with Crippen molar-refractivity contribution in [1.29, 1.82) is 0 Å². The number of carbonyl (C=O) groups is 2. The lowest BCUT2D eigenvalue weighted by Gasteiger charge is -2.23. The van der Waals surface area contributed by atoms with Crippen molar-refractivity contribution in [3.05, 3.63) is 22.4 Å². The van der Waals surface area contributed by atoms with Crippen molar-refractivity contribution in [1.82, 2.24) is 4.90 Å². The molecule has 0 radical (unpaired) electrons. The number of hydrogen-bond donors (Lipinski definition) is 0. The van der Waals surface area contributed by atoms with E-state index in [0.717, 1.165) is 19.4 Å². The predicted molar refractivity (Wildman–Crippen MR) is 82.0 cm³/mol. The molecule has 2 heterocycles. The highest BCUT2D eigenvalue weighted by atomic mass is 32.2. The monoisotopic (exact) mass is 313 g/mol. The first-order valence-corrected chi connectivity index (χ1v) is 8.82. The fraction of sp³-hybridized carbons (Fsp3) is 0.571. The number of esters is 1. The zero-order valence-electron chi connectivity index (χ0n) is 11.5. The second-order valence-electron chi connectivity index (χ2n) is 4.56. The third-order valence-corrected chi connectivity index (χ3v) is 5.06. The minimum absolute atomic E-state index is 0.121. The van der Waals surface area contributed by atoms with Gasteiger partial charge in [0.05, 0.1) is 24.2 Å². The normalized spacial score (nSPS) is 18.2. The number of rotatable bonds is 6. The molecule has 1 amide bonds. The van der Waals surface area contributed by atoms with Crippen LogP contribution in [0, 0.1) is 0 Å². The lowest BCUT2D eigenvalue weighted by atomic mass is 10.2. The molecule has 20 heavy (non-hydrogen) atoms. The molecule has 6 heteroatoms. The molecule has 1 aliphatic heterocycles. The Bertz CT molecular complexity index is 447. The molecule has 1 atom stereocenters. The first-order chi connectivity index (χ1) is 9.72. The Morgan fingerprint density at radius 3 is 3.05 bits per heavy atom.